The molecule has 0 radical (unpaired) electrons. The molecular formula is C25H25ClFN7O3S. The Hall–Kier alpha value is -3.61. The highest BCUT2D eigenvalue weighted by atomic mass is 35.5. The van der Waals surface area contributed by atoms with Crippen LogP contribution >= 0.6 is 22.9 Å². The van der Waals surface area contributed by atoms with Crippen molar-refractivity contribution in [1.29, 1.82) is 0 Å². The quantitative estimate of drug-likeness (QED) is 0.278. The van der Waals surface area contributed by atoms with Crippen molar-refractivity contribution >= 4 is 56.5 Å². The maximum atomic E-state index is 13.5. The van der Waals surface area contributed by atoms with Crippen LogP contribution in [0.1, 0.15) is 28.2 Å². The Morgan fingerprint density at radius 2 is 2.08 bits per heavy atom. The summed E-state index contributed by atoms with van der Waals surface area (Å²) in [5.41, 5.74) is 1.36. The molecule has 1 fully saturated rings. The third-order valence-electron chi connectivity index (χ3n) is 6.47. The maximum Gasteiger partial charge on any atom is 0.323 e. The number of imidazole rings is 1. The summed E-state index contributed by atoms with van der Waals surface area (Å²) in [4.78, 5) is 44.5. The number of fused-ring (bicyclic) bond motifs is 1. The lowest BCUT2D eigenvalue weighted by molar-refractivity contribution is -0.147. The molecule has 1 unspecified atom stereocenters. The number of nitrogens with zero attached hydrogens (tertiary/aromatic N) is 4. The molecule has 1 atom stereocenters. The van der Waals surface area contributed by atoms with Crippen LogP contribution in [0.2, 0.25) is 5.02 Å². The SMILES string of the molecule is COC(=O)C(Cc1c[nH]cn1)N1CCC(NC(=O)c2cc3c(Nc4ccc(F)c(Cl)c4)ncnc3s2)CC1. The molecule has 1 saturated heterocycles. The zero-order chi connectivity index (χ0) is 26.6. The molecule has 0 saturated carbocycles. The first kappa shape index (κ1) is 26.0. The number of nitrogens with one attached hydrogen (secondary N) is 3. The fourth-order valence-electron chi connectivity index (χ4n) is 4.49. The van der Waals surface area contributed by atoms with E-state index in [-0.39, 0.29) is 22.9 Å². The number of thiophene rings is 1. The number of likely N-dealkylation sites (tertiary alicyclic amines) is 1. The van der Waals surface area contributed by atoms with E-state index < -0.39 is 11.9 Å². The summed E-state index contributed by atoms with van der Waals surface area (Å²) in [6.45, 7) is 1.28. The van der Waals surface area contributed by atoms with E-state index in [4.69, 9.17) is 16.3 Å². The highest BCUT2D eigenvalue weighted by Gasteiger charge is 2.32. The monoisotopic (exact) mass is 557 g/mol. The number of esters is 1. The smallest absolute Gasteiger partial charge is 0.323 e. The summed E-state index contributed by atoms with van der Waals surface area (Å²) in [5.74, 6) is -0.506. The van der Waals surface area contributed by atoms with Crippen LogP contribution in [0.15, 0.2) is 43.1 Å². The van der Waals surface area contributed by atoms with E-state index in [0.29, 0.717) is 59.0 Å². The number of benzene rings is 1. The third-order valence-corrected chi connectivity index (χ3v) is 7.80. The first-order valence-corrected chi connectivity index (χ1v) is 13.2. The van der Waals surface area contributed by atoms with E-state index in [1.54, 1.807) is 24.7 Å². The number of hydrogen-bond donors (Lipinski definition) is 3. The molecule has 0 spiro atoms. The van der Waals surface area contributed by atoms with Crippen molar-refractivity contribution in [3.05, 3.63) is 64.5 Å². The van der Waals surface area contributed by atoms with Gasteiger partial charge in [0, 0.05) is 37.4 Å². The van der Waals surface area contributed by atoms with Gasteiger partial charge in [-0.05, 0) is 37.1 Å². The standard InChI is InChI=1S/C25H25ClFN7O3S/c1-37-25(36)20(9-16-11-28-12-29-16)34-6-4-14(5-7-34)33-23(35)21-10-17-22(30-13-31-24(17)38-21)32-15-2-3-19(27)18(26)8-15/h2-3,8,10-14,20H,4-7,9H2,1H3,(H,28,29)(H,33,35)(H,30,31,32). The van der Waals surface area contributed by atoms with E-state index in [0.717, 1.165) is 5.69 Å². The Balaban J connectivity index is 1.22. The Morgan fingerprint density at radius 1 is 1.26 bits per heavy atom. The first-order valence-electron chi connectivity index (χ1n) is 12.0. The number of amides is 1. The Kier molecular flexibility index (Phi) is 7.82. The number of carbonyl (C=O) groups excluding carboxylic acids is 2. The molecule has 198 valence electrons. The Labute approximate surface area is 226 Å². The van der Waals surface area contributed by atoms with Crippen LogP contribution in [0, 0.1) is 5.82 Å². The number of aromatic nitrogens is 4. The van der Waals surface area contributed by atoms with Gasteiger partial charge in [-0.15, -0.1) is 11.3 Å². The largest absolute Gasteiger partial charge is 0.468 e. The van der Waals surface area contributed by atoms with Crippen LogP contribution in [0.3, 0.4) is 0 Å². The summed E-state index contributed by atoms with van der Waals surface area (Å²) in [5, 5.41) is 6.90. The second kappa shape index (κ2) is 11.4. The second-order valence-electron chi connectivity index (χ2n) is 8.89. The van der Waals surface area contributed by atoms with Gasteiger partial charge in [-0.2, -0.15) is 0 Å². The number of hydrogen-bond acceptors (Lipinski definition) is 9. The minimum atomic E-state index is -0.510. The number of aromatic amines is 1. The van der Waals surface area contributed by atoms with Crippen LogP contribution in [0.25, 0.3) is 10.2 Å². The Bertz CT molecular complexity index is 1440. The van der Waals surface area contributed by atoms with Crippen LogP contribution in [0.5, 0.6) is 0 Å². The third kappa shape index (κ3) is 5.77. The highest BCUT2D eigenvalue weighted by molar-refractivity contribution is 7.20. The predicted molar refractivity (Wildman–Crippen MR) is 142 cm³/mol. The first-order chi connectivity index (χ1) is 18.4. The van der Waals surface area contributed by atoms with Gasteiger partial charge in [-0.25, -0.2) is 19.3 Å². The zero-order valence-corrected chi connectivity index (χ0v) is 22.0. The van der Waals surface area contributed by atoms with E-state index in [1.165, 1.54) is 36.9 Å². The van der Waals surface area contributed by atoms with Crippen molar-refractivity contribution in [2.45, 2.75) is 31.3 Å². The topological polar surface area (TPSA) is 125 Å². The lowest BCUT2D eigenvalue weighted by atomic mass is 10.0. The molecule has 0 aliphatic carbocycles. The van der Waals surface area contributed by atoms with Gasteiger partial charge < -0.3 is 20.4 Å². The molecule has 3 aromatic heterocycles. The molecule has 1 aromatic carbocycles. The lowest BCUT2D eigenvalue weighted by Crippen LogP contribution is -2.51. The van der Waals surface area contributed by atoms with E-state index in [9.17, 15) is 14.0 Å². The molecule has 38 heavy (non-hydrogen) atoms. The molecule has 5 rings (SSSR count). The molecule has 0 bridgehead atoms. The number of carbonyl (C=O) groups is 2. The van der Waals surface area contributed by atoms with Gasteiger partial charge in [0.15, 0.2) is 0 Å². The maximum absolute atomic E-state index is 13.5. The van der Waals surface area contributed by atoms with E-state index in [2.05, 4.69) is 35.5 Å². The molecule has 10 nitrogen and oxygen atoms in total. The van der Waals surface area contributed by atoms with E-state index in [1.807, 2.05) is 0 Å². The van der Waals surface area contributed by atoms with Gasteiger partial charge in [0.05, 0.1) is 34.4 Å². The van der Waals surface area contributed by atoms with Gasteiger partial charge in [0.1, 0.15) is 28.8 Å². The summed E-state index contributed by atoms with van der Waals surface area (Å²) in [6.07, 6.45) is 6.61. The summed E-state index contributed by atoms with van der Waals surface area (Å²) >= 11 is 7.16. The molecule has 1 amide bonds. The zero-order valence-electron chi connectivity index (χ0n) is 20.4. The predicted octanol–water partition coefficient (Wildman–Crippen LogP) is 3.93. The van der Waals surface area contributed by atoms with Crippen molar-refractivity contribution in [3.63, 3.8) is 0 Å². The van der Waals surface area contributed by atoms with Gasteiger partial charge in [0.25, 0.3) is 5.91 Å². The minimum absolute atomic E-state index is 0.00391. The number of ether oxygens (including phenoxy) is 1. The number of anilines is 2. The van der Waals surface area contributed by atoms with Gasteiger partial charge in [-0.1, -0.05) is 11.6 Å². The van der Waals surface area contributed by atoms with Crippen molar-refractivity contribution in [2.75, 3.05) is 25.5 Å². The number of methoxy groups -OCH3 is 1. The van der Waals surface area contributed by atoms with Crippen molar-refractivity contribution in [3.8, 4) is 0 Å². The van der Waals surface area contributed by atoms with Crippen LogP contribution < -0.4 is 10.6 Å². The van der Waals surface area contributed by atoms with E-state index >= 15 is 0 Å². The molecule has 1 aliphatic heterocycles. The van der Waals surface area contributed by atoms with Crippen LogP contribution in [0.4, 0.5) is 15.9 Å². The number of H-pyrrole nitrogens is 1. The van der Waals surface area contributed by atoms with Crippen LogP contribution in [-0.2, 0) is 16.0 Å². The normalized spacial score (nSPS) is 15.3. The van der Waals surface area contributed by atoms with Crippen molar-refractivity contribution < 1.29 is 18.7 Å². The van der Waals surface area contributed by atoms with Gasteiger partial charge in [-0.3, -0.25) is 14.5 Å². The molecular weight excluding hydrogens is 533 g/mol. The molecule has 3 N–H and O–H groups in total. The van der Waals surface area contributed by atoms with Crippen molar-refractivity contribution in [1.82, 2.24) is 30.2 Å². The fraction of sp³-hybridized carbons (Fsp3) is 0.320. The second-order valence-corrected chi connectivity index (χ2v) is 10.3. The summed E-state index contributed by atoms with van der Waals surface area (Å²) < 4.78 is 18.5. The van der Waals surface area contributed by atoms with Crippen LogP contribution in [-0.4, -0.2) is 69.0 Å². The average Bonchev–Trinajstić information content (AvgIpc) is 3.60. The molecule has 4 aromatic rings. The number of halogens is 2. The molecule has 13 heteroatoms. The van der Waals surface area contributed by atoms with Crippen molar-refractivity contribution in [2.24, 2.45) is 0 Å². The Morgan fingerprint density at radius 3 is 2.79 bits per heavy atom. The lowest BCUT2D eigenvalue weighted by Gasteiger charge is -2.36. The summed E-state index contributed by atoms with van der Waals surface area (Å²) in [7, 11) is 1.39. The summed E-state index contributed by atoms with van der Waals surface area (Å²) in [6, 6.07) is 5.58. The van der Waals surface area contributed by atoms with Gasteiger partial charge >= 0.3 is 5.97 Å². The minimum Gasteiger partial charge on any atom is -0.468 e. The molecule has 1 aliphatic rings. The fourth-order valence-corrected chi connectivity index (χ4v) is 5.57. The van der Waals surface area contributed by atoms with Gasteiger partial charge in [0.2, 0.25) is 0 Å². The molecule has 4 heterocycles. The number of rotatable bonds is 8. The average molecular weight is 558 g/mol. The number of piperidine rings is 1. The highest BCUT2D eigenvalue weighted by Crippen LogP contribution is 2.31.